The maximum Gasteiger partial charge on any atom is 0.0547 e. The highest BCUT2D eigenvalue weighted by atomic mass is 16.5. The minimum Gasteiger partial charge on any atom is -0.396 e. The zero-order valence-corrected chi connectivity index (χ0v) is 11.9. The number of aliphatic hydroxyl groups excluding tert-OH is 1. The summed E-state index contributed by atoms with van der Waals surface area (Å²) in [6.07, 6.45) is 6.32. The summed E-state index contributed by atoms with van der Waals surface area (Å²) < 4.78 is 5.69. The van der Waals surface area contributed by atoms with E-state index in [1.54, 1.807) is 0 Å². The number of hydrogen-bond donors (Lipinski definition) is 2. The quantitative estimate of drug-likeness (QED) is 0.750. The van der Waals surface area contributed by atoms with Crippen molar-refractivity contribution in [3.63, 3.8) is 0 Å². The first kappa shape index (κ1) is 13.8. The van der Waals surface area contributed by atoms with E-state index in [0.29, 0.717) is 17.9 Å². The maximum atomic E-state index is 9.35. The van der Waals surface area contributed by atoms with Crippen molar-refractivity contribution in [2.75, 3.05) is 46.0 Å². The van der Waals surface area contributed by atoms with Crippen molar-refractivity contribution in [2.24, 2.45) is 11.3 Å². The van der Waals surface area contributed by atoms with Gasteiger partial charge in [0.15, 0.2) is 0 Å². The van der Waals surface area contributed by atoms with Gasteiger partial charge in [-0.2, -0.15) is 0 Å². The SMILES string of the molecule is OCC1CCCN(CC2(CNC3CC3)CCOC2)C1. The second kappa shape index (κ2) is 6.08. The summed E-state index contributed by atoms with van der Waals surface area (Å²) in [5.41, 5.74) is 0.319. The monoisotopic (exact) mass is 268 g/mol. The number of ether oxygens (including phenoxy) is 1. The minimum absolute atomic E-state index is 0.319. The van der Waals surface area contributed by atoms with E-state index >= 15 is 0 Å². The lowest BCUT2D eigenvalue weighted by molar-refractivity contribution is 0.0664. The zero-order chi connectivity index (χ0) is 13.1. The molecule has 110 valence electrons. The summed E-state index contributed by atoms with van der Waals surface area (Å²) in [4.78, 5) is 2.56. The molecule has 2 atom stereocenters. The van der Waals surface area contributed by atoms with E-state index in [1.165, 1.54) is 38.6 Å². The second-order valence-corrected chi connectivity index (χ2v) is 6.88. The summed E-state index contributed by atoms with van der Waals surface area (Å²) in [5.74, 6) is 0.490. The summed E-state index contributed by atoms with van der Waals surface area (Å²) in [7, 11) is 0. The van der Waals surface area contributed by atoms with Crippen LogP contribution < -0.4 is 5.32 Å². The smallest absolute Gasteiger partial charge is 0.0547 e. The predicted molar refractivity (Wildman–Crippen MR) is 75.1 cm³/mol. The van der Waals surface area contributed by atoms with Gasteiger partial charge >= 0.3 is 0 Å². The van der Waals surface area contributed by atoms with Crippen LogP contribution in [0.5, 0.6) is 0 Å². The van der Waals surface area contributed by atoms with Gasteiger partial charge in [-0.15, -0.1) is 0 Å². The van der Waals surface area contributed by atoms with Crippen molar-refractivity contribution in [1.29, 1.82) is 0 Å². The zero-order valence-electron chi connectivity index (χ0n) is 11.9. The molecule has 1 aliphatic carbocycles. The molecule has 3 fully saturated rings. The Labute approximate surface area is 116 Å². The Morgan fingerprint density at radius 3 is 2.89 bits per heavy atom. The average Bonchev–Trinajstić information content (AvgIpc) is 3.17. The predicted octanol–water partition coefficient (Wildman–Crippen LogP) is 0.849. The first-order valence-corrected chi connectivity index (χ1v) is 7.94. The van der Waals surface area contributed by atoms with Crippen LogP contribution >= 0.6 is 0 Å². The first-order chi connectivity index (χ1) is 9.30. The second-order valence-electron chi connectivity index (χ2n) is 6.88. The van der Waals surface area contributed by atoms with E-state index in [4.69, 9.17) is 4.74 Å². The van der Waals surface area contributed by atoms with Crippen molar-refractivity contribution >= 4 is 0 Å². The molecule has 2 aliphatic heterocycles. The highest BCUT2D eigenvalue weighted by Crippen LogP contribution is 2.32. The van der Waals surface area contributed by atoms with Crippen LogP contribution in [0.15, 0.2) is 0 Å². The summed E-state index contributed by atoms with van der Waals surface area (Å²) in [6.45, 7) is 6.70. The molecule has 19 heavy (non-hydrogen) atoms. The van der Waals surface area contributed by atoms with Crippen LogP contribution in [0.25, 0.3) is 0 Å². The van der Waals surface area contributed by atoms with Crippen molar-refractivity contribution < 1.29 is 9.84 Å². The number of likely N-dealkylation sites (tertiary alicyclic amines) is 1. The average molecular weight is 268 g/mol. The van der Waals surface area contributed by atoms with Gasteiger partial charge in [0.2, 0.25) is 0 Å². The minimum atomic E-state index is 0.319. The van der Waals surface area contributed by atoms with Gasteiger partial charge in [-0.1, -0.05) is 0 Å². The molecule has 4 nitrogen and oxygen atoms in total. The fourth-order valence-corrected chi connectivity index (χ4v) is 3.54. The van der Waals surface area contributed by atoms with Crippen LogP contribution in [0.1, 0.15) is 32.1 Å². The maximum absolute atomic E-state index is 9.35. The number of hydrogen-bond acceptors (Lipinski definition) is 4. The Morgan fingerprint density at radius 1 is 1.32 bits per heavy atom. The van der Waals surface area contributed by atoms with Crippen LogP contribution in [0.3, 0.4) is 0 Å². The van der Waals surface area contributed by atoms with E-state index in [1.807, 2.05) is 0 Å². The van der Waals surface area contributed by atoms with E-state index in [-0.39, 0.29) is 0 Å². The van der Waals surface area contributed by atoms with Crippen molar-refractivity contribution in [1.82, 2.24) is 10.2 Å². The standard InChI is InChI=1S/C15H28N2O2/c18-9-13-2-1-6-17(8-13)11-15(5-7-19-12-15)10-16-14-3-4-14/h13-14,16,18H,1-12H2. The lowest BCUT2D eigenvalue weighted by atomic mass is 9.85. The van der Waals surface area contributed by atoms with Gasteiger partial charge in [-0.25, -0.2) is 0 Å². The molecule has 3 aliphatic rings. The fourth-order valence-electron chi connectivity index (χ4n) is 3.54. The Morgan fingerprint density at radius 2 is 2.21 bits per heavy atom. The molecular formula is C15H28N2O2. The topological polar surface area (TPSA) is 44.7 Å². The Kier molecular flexibility index (Phi) is 4.42. The largest absolute Gasteiger partial charge is 0.396 e. The van der Waals surface area contributed by atoms with Gasteiger partial charge in [0.05, 0.1) is 6.61 Å². The number of nitrogens with zero attached hydrogens (tertiary/aromatic N) is 1. The van der Waals surface area contributed by atoms with Crippen molar-refractivity contribution in [2.45, 2.75) is 38.1 Å². The van der Waals surface area contributed by atoms with Gasteiger partial charge in [0.1, 0.15) is 0 Å². The molecule has 0 radical (unpaired) electrons. The van der Waals surface area contributed by atoms with Crippen LogP contribution in [-0.4, -0.2) is 62.0 Å². The van der Waals surface area contributed by atoms with Crippen LogP contribution in [-0.2, 0) is 4.74 Å². The van der Waals surface area contributed by atoms with Gasteiger partial charge in [-0.05, 0) is 44.6 Å². The third-order valence-electron chi connectivity index (χ3n) is 4.95. The Hall–Kier alpha value is -0.160. The molecule has 0 amide bonds. The van der Waals surface area contributed by atoms with Crippen LogP contribution in [0, 0.1) is 11.3 Å². The van der Waals surface area contributed by atoms with Crippen molar-refractivity contribution in [3.8, 4) is 0 Å². The normalized spacial score (nSPS) is 36.8. The number of aliphatic hydroxyl groups is 1. The van der Waals surface area contributed by atoms with E-state index in [9.17, 15) is 5.11 Å². The molecule has 2 N–H and O–H groups in total. The third kappa shape index (κ3) is 3.69. The van der Waals surface area contributed by atoms with Crippen LogP contribution in [0.2, 0.25) is 0 Å². The first-order valence-electron chi connectivity index (χ1n) is 7.94. The number of piperidine rings is 1. The highest BCUT2D eigenvalue weighted by molar-refractivity contribution is 4.92. The van der Waals surface area contributed by atoms with E-state index in [2.05, 4.69) is 10.2 Å². The Bertz CT molecular complexity index is 288. The number of nitrogens with one attached hydrogen (secondary N) is 1. The molecule has 2 saturated heterocycles. The van der Waals surface area contributed by atoms with Gasteiger partial charge in [0.25, 0.3) is 0 Å². The molecule has 0 aromatic heterocycles. The van der Waals surface area contributed by atoms with Gasteiger partial charge in [0, 0.05) is 44.3 Å². The van der Waals surface area contributed by atoms with E-state index < -0.39 is 0 Å². The molecule has 2 heterocycles. The lowest BCUT2D eigenvalue weighted by Gasteiger charge is -2.38. The molecule has 3 rings (SSSR count). The molecule has 0 spiro atoms. The molecule has 0 aromatic rings. The third-order valence-corrected chi connectivity index (χ3v) is 4.95. The van der Waals surface area contributed by atoms with Gasteiger partial charge in [-0.3, -0.25) is 0 Å². The molecule has 4 heteroatoms. The molecular weight excluding hydrogens is 240 g/mol. The summed E-state index contributed by atoms with van der Waals surface area (Å²) >= 11 is 0. The molecule has 0 aromatic carbocycles. The van der Waals surface area contributed by atoms with Crippen molar-refractivity contribution in [3.05, 3.63) is 0 Å². The van der Waals surface area contributed by atoms with E-state index in [0.717, 1.165) is 38.9 Å². The van der Waals surface area contributed by atoms with Gasteiger partial charge < -0.3 is 20.1 Å². The lowest BCUT2D eigenvalue weighted by Crippen LogP contribution is -2.48. The Balaban J connectivity index is 1.53. The molecule has 0 bridgehead atoms. The number of rotatable bonds is 6. The fraction of sp³-hybridized carbons (Fsp3) is 1.00. The molecule has 2 unspecified atom stereocenters. The van der Waals surface area contributed by atoms with Crippen LogP contribution in [0.4, 0.5) is 0 Å². The summed E-state index contributed by atoms with van der Waals surface area (Å²) in [6, 6.07) is 0.782. The molecule has 1 saturated carbocycles. The highest BCUT2D eigenvalue weighted by Gasteiger charge is 2.38. The summed E-state index contributed by atoms with van der Waals surface area (Å²) in [5, 5.41) is 13.1.